The number of piperazine rings is 1. The monoisotopic (exact) mass is 366 g/mol. The Bertz CT molecular complexity index is 650. The molecule has 2 N–H and O–H groups in total. The molecule has 0 radical (unpaired) electrons. The third-order valence-electron chi connectivity index (χ3n) is 4.55. The molecule has 0 saturated carbocycles. The molecule has 0 aliphatic carbocycles. The summed E-state index contributed by atoms with van der Waals surface area (Å²) in [5.41, 5.74) is 2.19. The van der Waals surface area contributed by atoms with Crippen LogP contribution in [0.5, 0.6) is 5.75 Å². The van der Waals surface area contributed by atoms with Crippen LogP contribution in [0.1, 0.15) is 17.5 Å². The zero-order chi connectivity index (χ0) is 16.9. The molecule has 3 rings (SSSR count). The first-order valence-electron chi connectivity index (χ1n) is 8.21. The lowest BCUT2D eigenvalue weighted by atomic mass is 10.1. The maximum absolute atomic E-state index is 10.0. The molecule has 0 unspecified atom stereocenters. The molecule has 0 bridgehead atoms. The zero-order valence-electron chi connectivity index (χ0n) is 13.6. The lowest BCUT2D eigenvalue weighted by molar-refractivity contribution is 0.0497. The van der Waals surface area contributed by atoms with E-state index in [4.69, 9.17) is 11.6 Å². The second-order valence-corrected chi connectivity index (χ2v) is 7.49. The van der Waals surface area contributed by atoms with E-state index in [0.717, 1.165) is 38.2 Å². The van der Waals surface area contributed by atoms with Gasteiger partial charge in [0, 0.05) is 56.0 Å². The van der Waals surface area contributed by atoms with Crippen LogP contribution < -0.4 is 0 Å². The van der Waals surface area contributed by atoms with E-state index in [0.29, 0.717) is 23.4 Å². The van der Waals surface area contributed by atoms with E-state index in [1.807, 2.05) is 6.07 Å². The molecule has 2 aromatic rings. The number of aliphatic hydroxyl groups is 1. The summed E-state index contributed by atoms with van der Waals surface area (Å²) in [6, 6.07) is 7.67. The molecular formula is C18H23ClN2O2S. The van der Waals surface area contributed by atoms with E-state index in [9.17, 15) is 10.2 Å². The van der Waals surface area contributed by atoms with Crippen LogP contribution >= 0.6 is 22.9 Å². The fraction of sp³-hybridized carbons (Fsp3) is 0.444. The van der Waals surface area contributed by atoms with Gasteiger partial charge in [0.05, 0.1) is 0 Å². The van der Waals surface area contributed by atoms with Crippen molar-refractivity contribution in [2.45, 2.75) is 25.6 Å². The molecule has 1 aliphatic rings. The summed E-state index contributed by atoms with van der Waals surface area (Å²) in [6.45, 7) is 4.60. The Hall–Kier alpha value is -1.11. The first-order chi connectivity index (χ1) is 11.7. The van der Waals surface area contributed by atoms with E-state index >= 15 is 0 Å². The summed E-state index contributed by atoms with van der Waals surface area (Å²) in [6.07, 6.45) is 0.766. The van der Waals surface area contributed by atoms with Crippen LogP contribution in [0.3, 0.4) is 0 Å². The zero-order valence-corrected chi connectivity index (χ0v) is 15.1. The number of aliphatic hydroxyl groups excluding tert-OH is 1. The Morgan fingerprint density at radius 1 is 1.21 bits per heavy atom. The summed E-state index contributed by atoms with van der Waals surface area (Å²) in [4.78, 5) is 4.78. The number of phenolic OH excluding ortho intramolecular Hbond substituents is 1. The molecule has 0 spiro atoms. The molecule has 1 aliphatic heterocycles. The molecule has 1 atom stereocenters. The average Bonchev–Trinajstić information content (AvgIpc) is 3.07. The van der Waals surface area contributed by atoms with E-state index in [1.54, 1.807) is 23.5 Å². The summed E-state index contributed by atoms with van der Waals surface area (Å²) < 4.78 is 0. The molecule has 0 amide bonds. The van der Waals surface area contributed by atoms with Crippen LogP contribution in [0.25, 0.3) is 0 Å². The van der Waals surface area contributed by atoms with Crippen molar-refractivity contribution in [1.29, 1.82) is 0 Å². The number of nitrogens with zero attached hydrogens (tertiary/aromatic N) is 2. The first kappa shape index (κ1) is 17.7. The van der Waals surface area contributed by atoms with Crippen LogP contribution in [0.4, 0.5) is 0 Å². The number of phenols is 1. The van der Waals surface area contributed by atoms with E-state index in [-0.39, 0.29) is 6.61 Å². The van der Waals surface area contributed by atoms with Crippen molar-refractivity contribution in [1.82, 2.24) is 9.80 Å². The average molecular weight is 367 g/mol. The number of benzene rings is 1. The Morgan fingerprint density at radius 3 is 2.83 bits per heavy atom. The van der Waals surface area contributed by atoms with Gasteiger partial charge in [0.1, 0.15) is 5.75 Å². The minimum absolute atomic E-state index is 0.195. The minimum atomic E-state index is 0.195. The van der Waals surface area contributed by atoms with Gasteiger partial charge >= 0.3 is 0 Å². The molecule has 24 heavy (non-hydrogen) atoms. The maximum Gasteiger partial charge on any atom is 0.120 e. The van der Waals surface area contributed by atoms with Gasteiger partial charge in [-0.1, -0.05) is 11.6 Å². The molecule has 6 heteroatoms. The van der Waals surface area contributed by atoms with Gasteiger partial charge in [0.15, 0.2) is 0 Å². The number of rotatable bonds is 6. The number of hydrogen-bond acceptors (Lipinski definition) is 5. The minimum Gasteiger partial charge on any atom is -0.508 e. The molecule has 4 nitrogen and oxygen atoms in total. The Balaban J connectivity index is 1.64. The highest BCUT2D eigenvalue weighted by atomic mass is 35.5. The lowest BCUT2D eigenvalue weighted by Crippen LogP contribution is -2.52. The fourth-order valence-corrected chi connectivity index (χ4v) is 4.13. The van der Waals surface area contributed by atoms with Crippen molar-refractivity contribution in [3.8, 4) is 5.75 Å². The van der Waals surface area contributed by atoms with Crippen LogP contribution in [0.2, 0.25) is 5.02 Å². The summed E-state index contributed by atoms with van der Waals surface area (Å²) in [7, 11) is 0. The fourth-order valence-electron chi connectivity index (χ4n) is 3.27. The number of halogens is 1. The third kappa shape index (κ3) is 4.49. The van der Waals surface area contributed by atoms with Crippen LogP contribution in [-0.4, -0.2) is 52.3 Å². The van der Waals surface area contributed by atoms with Crippen LogP contribution in [0.15, 0.2) is 35.0 Å². The van der Waals surface area contributed by atoms with E-state index < -0.39 is 0 Å². The molecule has 1 aromatic heterocycles. The van der Waals surface area contributed by atoms with Gasteiger partial charge in [0.2, 0.25) is 0 Å². The number of aromatic hydroxyl groups is 1. The van der Waals surface area contributed by atoms with Gasteiger partial charge in [-0.2, -0.15) is 11.3 Å². The first-order valence-corrected chi connectivity index (χ1v) is 9.53. The SMILES string of the molecule is OCC[C@H]1CN(Cc2cc(Cl)ccc2O)CCN1Cc1ccsc1. The third-order valence-corrected chi connectivity index (χ3v) is 5.52. The number of hydrogen-bond donors (Lipinski definition) is 2. The second-order valence-electron chi connectivity index (χ2n) is 6.28. The highest BCUT2D eigenvalue weighted by Gasteiger charge is 2.27. The van der Waals surface area contributed by atoms with E-state index in [1.165, 1.54) is 5.56 Å². The van der Waals surface area contributed by atoms with Crippen molar-refractivity contribution < 1.29 is 10.2 Å². The molecule has 130 valence electrons. The van der Waals surface area contributed by atoms with E-state index in [2.05, 4.69) is 26.6 Å². The van der Waals surface area contributed by atoms with Crippen molar-refractivity contribution >= 4 is 22.9 Å². The Labute approximate surface area is 151 Å². The molecule has 1 aromatic carbocycles. The maximum atomic E-state index is 10.0. The van der Waals surface area contributed by atoms with Gasteiger partial charge in [-0.3, -0.25) is 9.80 Å². The largest absolute Gasteiger partial charge is 0.508 e. The second kappa shape index (κ2) is 8.32. The Morgan fingerprint density at radius 2 is 2.08 bits per heavy atom. The summed E-state index contributed by atoms with van der Waals surface area (Å²) in [5.74, 6) is 0.291. The lowest BCUT2D eigenvalue weighted by Gasteiger charge is -2.41. The molecule has 2 heterocycles. The number of thiophene rings is 1. The Kier molecular flexibility index (Phi) is 6.14. The van der Waals surface area contributed by atoms with Gasteiger partial charge < -0.3 is 10.2 Å². The van der Waals surface area contributed by atoms with Crippen LogP contribution in [0, 0.1) is 0 Å². The van der Waals surface area contributed by atoms with Crippen molar-refractivity contribution in [2.24, 2.45) is 0 Å². The molecular weight excluding hydrogens is 344 g/mol. The van der Waals surface area contributed by atoms with Gasteiger partial charge in [-0.25, -0.2) is 0 Å². The van der Waals surface area contributed by atoms with Crippen molar-refractivity contribution in [3.05, 3.63) is 51.2 Å². The standard InChI is InChI=1S/C18H23ClN2O2S/c19-16-1-2-18(23)15(9-16)11-20-5-6-21(17(12-20)3-7-22)10-14-4-8-24-13-14/h1-2,4,8-9,13,17,22-23H,3,5-7,10-12H2/t17-/m0/s1. The van der Waals surface area contributed by atoms with Gasteiger partial charge in [0.25, 0.3) is 0 Å². The molecule has 1 saturated heterocycles. The van der Waals surface area contributed by atoms with Gasteiger partial charge in [-0.05, 0) is 47.0 Å². The summed E-state index contributed by atoms with van der Waals surface area (Å²) in [5, 5.41) is 24.4. The van der Waals surface area contributed by atoms with Crippen molar-refractivity contribution in [2.75, 3.05) is 26.2 Å². The molecule has 1 fully saturated rings. The topological polar surface area (TPSA) is 46.9 Å². The highest BCUT2D eigenvalue weighted by molar-refractivity contribution is 7.07. The predicted octanol–water partition coefficient (Wildman–Crippen LogP) is 3.18. The quantitative estimate of drug-likeness (QED) is 0.824. The van der Waals surface area contributed by atoms with Crippen LogP contribution in [-0.2, 0) is 13.1 Å². The highest BCUT2D eigenvalue weighted by Crippen LogP contribution is 2.25. The smallest absolute Gasteiger partial charge is 0.120 e. The van der Waals surface area contributed by atoms with Crippen molar-refractivity contribution in [3.63, 3.8) is 0 Å². The predicted molar refractivity (Wildman–Crippen MR) is 98.6 cm³/mol. The normalized spacial score (nSPS) is 19.7. The summed E-state index contributed by atoms with van der Waals surface area (Å²) >= 11 is 7.77. The van der Waals surface area contributed by atoms with Gasteiger partial charge in [-0.15, -0.1) is 0 Å².